The van der Waals surface area contributed by atoms with E-state index in [1.54, 1.807) is 17.0 Å². The lowest BCUT2D eigenvalue weighted by molar-refractivity contribution is 0.305. The Hall–Kier alpha value is -2.88. The Morgan fingerprint density at radius 3 is 2.67 bits per heavy atom. The normalized spacial score (nSPS) is 10.6. The molecule has 0 bridgehead atoms. The van der Waals surface area contributed by atoms with Crippen LogP contribution in [0.3, 0.4) is 0 Å². The Morgan fingerprint density at radius 1 is 1.08 bits per heavy atom. The second-order valence-electron chi connectivity index (χ2n) is 5.89. The Morgan fingerprint density at radius 2 is 1.92 bits per heavy atom. The van der Waals surface area contributed by atoms with Crippen LogP contribution in [0.15, 0.2) is 59.7 Å². The molecule has 0 N–H and O–H groups in total. The number of ether oxygens (including phenoxy) is 1. The van der Waals surface area contributed by atoms with Gasteiger partial charge in [-0.05, 0) is 44.0 Å². The van der Waals surface area contributed by atoms with Gasteiger partial charge < -0.3 is 4.74 Å². The maximum atomic E-state index is 12.4. The molecule has 0 unspecified atom stereocenters. The van der Waals surface area contributed by atoms with Crippen molar-refractivity contribution < 1.29 is 4.74 Å². The van der Waals surface area contributed by atoms with E-state index in [0.717, 1.165) is 22.5 Å². The van der Waals surface area contributed by atoms with Gasteiger partial charge in [-0.3, -0.25) is 14.3 Å². The molecule has 3 aromatic rings. The van der Waals surface area contributed by atoms with Crippen LogP contribution in [0.1, 0.15) is 22.4 Å². The van der Waals surface area contributed by atoms with Crippen molar-refractivity contribution in [3.8, 4) is 11.4 Å². The van der Waals surface area contributed by atoms with Crippen molar-refractivity contribution in [2.45, 2.75) is 27.4 Å². The zero-order valence-corrected chi connectivity index (χ0v) is 14.1. The third-order valence-electron chi connectivity index (χ3n) is 4.07. The molecule has 24 heavy (non-hydrogen) atoms. The molecule has 0 fully saturated rings. The summed E-state index contributed by atoms with van der Waals surface area (Å²) >= 11 is 0. The zero-order chi connectivity index (χ0) is 17.1. The summed E-state index contributed by atoms with van der Waals surface area (Å²) in [4.78, 5) is 16.7. The number of rotatable bonds is 4. The van der Waals surface area contributed by atoms with E-state index >= 15 is 0 Å². The Balaban J connectivity index is 1.82. The van der Waals surface area contributed by atoms with Gasteiger partial charge in [-0.15, -0.1) is 0 Å². The van der Waals surface area contributed by atoms with Crippen LogP contribution in [0.4, 0.5) is 0 Å². The third kappa shape index (κ3) is 3.38. The molecule has 0 aliphatic heterocycles. The molecule has 0 aliphatic carbocycles. The molecule has 1 aromatic carbocycles. The van der Waals surface area contributed by atoms with Crippen molar-refractivity contribution in [3.63, 3.8) is 0 Å². The quantitative estimate of drug-likeness (QED) is 0.735. The molecule has 0 radical (unpaired) electrons. The van der Waals surface area contributed by atoms with Gasteiger partial charge in [-0.2, -0.15) is 0 Å². The molecule has 3 rings (SSSR count). The first-order valence-corrected chi connectivity index (χ1v) is 7.88. The summed E-state index contributed by atoms with van der Waals surface area (Å²) < 4.78 is 7.36. The zero-order valence-electron chi connectivity index (χ0n) is 14.1. The van der Waals surface area contributed by atoms with E-state index in [0.29, 0.717) is 12.4 Å². The predicted molar refractivity (Wildman–Crippen MR) is 94.8 cm³/mol. The first-order chi connectivity index (χ1) is 11.5. The summed E-state index contributed by atoms with van der Waals surface area (Å²) in [5.41, 5.74) is 4.91. The highest BCUT2D eigenvalue weighted by molar-refractivity contribution is 5.42. The topological polar surface area (TPSA) is 44.1 Å². The molecule has 0 amide bonds. The molecule has 4 nitrogen and oxygen atoms in total. The summed E-state index contributed by atoms with van der Waals surface area (Å²) in [7, 11) is 0. The van der Waals surface area contributed by atoms with E-state index in [2.05, 4.69) is 11.1 Å². The highest BCUT2D eigenvalue weighted by Crippen LogP contribution is 2.16. The molecule has 0 saturated heterocycles. The second-order valence-corrected chi connectivity index (χ2v) is 5.89. The van der Waals surface area contributed by atoms with Crippen LogP contribution in [0.25, 0.3) is 5.69 Å². The van der Waals surface area contributed by atoms with Gasteiger partial charge in [0.1, 0.15) is 12.4 Å². The number of hydrogen-bond acceptors (Lipinski definition) is 3. The maximum Gasteiger partial charge on any atom is 0.258 e. The molecule has 2 aromatic heterocycles. The van der Waals surface area contributed by atoms with Crippen molar-refractivity contribution in [2.75, 3.05) is 0 Å². The Labute approximate surface area is 141 Å². The summed E-state index contributed by atoms with van der Waals surface area (Å²) in [5.74, 6) is 0.571. The first kappa shape index (κ1) is 16.0. The second kappa shape index (κ2) is 6.71. The minimum atomic E-state index is -0.120. The van der Waals surface area contributed by atoms with Gasteiger partial charge in [-0.1, -0.05) is 29.8 Å². The maximum absolute atomic E-state index is 12.4. The predicted octanol–water partition coefficient (Wildman–Crippen LogP) is 3.74. The highest BCUT2D eigenvalue weighted by atomic mass is 16.5. The van der Waals surface area contributed by atoms with E-state index in [-0.39, 0.29) is 5.56 Å². The number of nitrogens with zero attached hydrogens (tertiary/aromatic N) is 2. The lowest BCUT2D eigenvalue weighted by Crippen LogP contribution is -2.18. The first-order valence-electron chi connectivity index (χ1n) is 7.88. The smallest absolute Gasteiger partial charge is 0.258 e. The van der Waals surface area contributed by atoms with E-state index < -0.39 is 0 Å². The number of aryl methyl sites for hydroxylation is 2. The Bertz CT molecular complexity index is 929. The fraction of sp³-hybridized carbons (Fsp3) is 0.200. The van der Waals surface area contributed by atoms with Gasteiger partial charge in [0.2, 0.25) is 0 Å². The van der Waals surface area contributed by atoms with Crippen LogP contribution in [0.5, 0.6) is 5.75 Å². The summed E-state index contributed by atoms with van der Waals surface area (Å²) in [6.45, 7) is 6.39. The van der Waals surface area contributed by atoms with Crippen LogP contribution in [0, 0.1) is 20.8 Å². The van der Waals surface area contributed by atoms with Crippen molar-refractivity contribution in [3.05, 3.63) is 87.6 Å². The standard InChI is InChI=1S/C20H20N2O2/c1-14-5-4-6-17(11-14)13-24-18-8-10-22(20(23)12-18)19-7-9-21-16(3)15(19)2/h4-12H,13H2,1-3H3. The number of aromatic nitrogens is 2. The molecule has 4 heteroatoms. The molecule has 0 spiro atoms. The fourth-order valence-electron chi connectivity index (χ4n) is 2.61. The SMILES string of the molecule is Cc1cccc(COc2ccn(-c3ccnc(C)c3C)c(=O)c2)c1. The number of benzene rings is 1. The minimum Gasteiger partial charge on any atom is -0.489 e. The summed E-state index contributed by atoms with van der Waals surface area (Å²) in [5, 5.41) is 0. The lowest BCUT2D eigenvalue weighted by Gasteiger charge is -2.12. The monoisotopic (exact) mass is 320 g/mol. The van der Waals surface area contributed by atoms with Crippen molar-refractivity contribution >= 4 is 0 Å². The third-order valence-corrected chi connectivity index (χ3v) is 4.07. The van der Waals surface area contributed by atoms with Gasteiger partial charge in [0.25, 0.3) is 5.56 Å². The van der Waals surface area contributed by atoms with E-state index in [4.69, 9.17) is 4.74 Å². The van der Waals surface area contributed by atoms with Gasteiger partial charge in [-0.25, -0.2) is 0 Å². The summed E-state index contributed by atoms with van der Waals surface area (Å²) in [6, 6.07) is 13.3. The average Bonchev–Trinajstić information content (AvgIpc) is 2.56. The minimum absolute atomic E-state index is 0.120. The molecule has 122 valence electrons. The average molecular weight is 320 g/mol. The molecule has 0 atom stereocenters. The van der Waals surface area contributed by atoms with Gasteiger partial charge in [0.15, 0.2) is 0 Å². The van der Waals surface area contributed by atoms with E-state index in [1.807, 2.05) is 51.1 Å². The Kier molecular flexibility index (Phi) is 4.47. The largest absolute Gasteiger partial charge is 0.489 e. The van der Waals surface area contributed by atoms with Crippen molar-refractivity contribution in [2.24, 2.45) is 0 Å². The summed E-state index contributed by atoms with van der Waals surface area (Å²) in [6.07, 6.45) is 3.46. The molecule has 2 heterocycles. The number of pyridine rings is 2. The van der Waals surface area contributed by atoms with Gasteiger partial charge >= 0.3 is 0 Å². The van der Waals surface area contributed by atoms with E-state index in [9.17, 15) is 4.79 Å². The van der Waals surface area contributed by atoms with Gasteiger partial charge in [0, 0.05) is 24.2 Å². The van der Waals surface area contributed by atoms with Crippen LogP contribution < -0.4 is 10.3 Å². The number of hydrogen-bond donors (Lipinski definition) is 0. The van der Waals surface area contributed by atoms with Crippen LogP contribution >= 0.6 is 0 Å². The molecule has 0 saturated carbocycles. The van der Waals surface area contributed by atoms with Crippen molar-refractivity contribution in [1.29, 1.82) is 0 Å². The van der Waals surface area contributed by atoms with Crippen LogP contribution in [-0.2, 0) is 6.61 Å². The van der Waals surface area contributed by atoms with E-state index in [1.165, 1.54) is 11.6 Å². The lowest BCUT2D eigenvalue weighted by atomic mass is 10.1. The highest BCUT2D eigenvalue weighted by Gasteiger charge is 2.07. The van der Waals surface area contributed by atoms with Crippen molar-refractivity contribution in [1.82, 2.24) is 9.55 Å². The molecular formula is C20H20N2O2. The van der Waals surface area contributed by atoms with Gasteiger partial charge in [0.05, 0.1) is 5.69 Å². The van der Waals surface area contributed by atoms with Crippen LogP contribution in [0.2, 0.25) is 0 Å². The molecule has 0 aliphatic rings. The fourth-order valence-corrected chi connectivity index (χ4v) is 2.61. The van der Waals surface area contributed by atoms with Crippen LogP contribution in [-0.4, -0.2) is 9.55 Å². The molecular weight excluding hydrogens is 300 g/mol.